The quantitative estimate of drug-likeness (QED) is 0.394. The fourth-order valence-electron chi connectivity index (χ4n) is 2.58. The number of nitrogens with zero attached hydrogens (tertiary/aromatic N) is 1. The Morgan fingerprint density at radius 2 is 1.97 bits per heavy atom. The van der Waals surface area contributed by atoms with Crippen molar-refractivity contribution in [3.63, 3.8) is 0 Å². The molecular weight excluding hydrogens is 463 g/mol. The summed E-state index contributed by atoms with van der Waals surface area (Å²) in [5, 5.41) is 16.2. The third-order valence-electron chi connectivity index (χ3n) is 3.82. The number of carbonyl (C=O) groups is 2. The normalized spacial score (nSPS) is 13.2. The second kappa shape index (κ2) is 10.9. The molecule has 7 nitrogen and oxygen atoms in total. The summed E-state index contributed by atoms with van der Waals surface area (Å²) in [5.41, 5.74) is 0.285. The average molecular weight is 487 g/mol. The number of hydrogen-bond acceptors (Lipinski definition) is 7. The zero-order valence-corrected chi connectivity index (χ0v) is 19.7. The fraction of sp³-hybridized carbons (Fsp3) is 0.381. The number of thiazole rings is 1. The lowest BCUT2D eigenvalue weighted by Crippen LogP contribution is -2.42. The summed E-state index contributed by atoms with van der Waals surface area (Å²) >= 11 is 13.6. The molecule has 1 heterocycles. The molecule has 0 fully saturated rings. The van der Waals surface area contributed by atoms with E-state index in [4.69, 9.17) is 32.7 Å². The van der Waals surface area contributed by atoms with E-state index < -0.39 is 29.8 Å². The first-order valence-electron chi connectivity index (χ1n) is 9.35. The smallest absolute Gasteiger partial charge is 0.407 e. The molecule has 2 unspecified atom stereocenters. The maximum atomic E-state index is 12.3. The molecule has 0 aliphatic carbocycles. The first-order valence-corrected chi connectivity index (χ1v) is 11.0. The average Bonchev–Trinajstić information content (AvgIpc) is 3.13. The minimum absolute atomic E-state index is 0.0203. The van der Waals surface area contributed by atoms with Crippen molar-refractivity contribution in [2.45, 2.75) is 44.9 Å². The third-order valence-corrected chi connectivity index (χ3v) is 5.36. The van der Waals surface area contributed by atoms with Crippen LogP contribution >= 0.6 is 34.5 Å². The van der Waals surface area contributed by atoms with E-state index in [1.165, 1.54) is 6.08 Å². The molecule has 0 saturated heterocycles. The second-order valence-electron chi connectivity index (χ2n) is 7.54. The highest BCUT2D eigenvalue weighted by Crippen LogP contribution is 2.36. The molecule has 0 spiro atoms. The number of hydrogen-bond donors (Lipinski definition) is 2. The molecule has 0 radical (unpaired) electrons. The Labute approximate surface area is 195 Å². The van der Waals surface area contributed by atoms with Crippen molar-refractivity contribution in [3.8, 4) is 11.3 Å². The van der Waals surface area contributed by atoms with Gasteiger partial charge < -0.3 is 19.9 Å². The van der Waals surface area contributed by atoms with Crippen LogP contribution in [0.15, 0.2) is 36.2 Å². The molecule has 2 rings (SSSR count). The zero-order chi connectivity index (χ0) is 23.2. The standard InChI is InChI=1S/C21H24Cl2N2O5S/c1-5-9-29-20(28)25-14(10-16(26)30-21(2,3)4)18(27)19-24-15(11-31-19)17-12(22)7-6-8-13(17)23/h5-8,11,14,18,27H,1,9-10H2,2-4H3,(H,25,28). The van der Waals surface area contributed by atoms with Gasteiger partial charge in [-0.15, -0.1) is 11.3 Å². The van der Waals surface area contributed by atoms with Crippen LogP contribution in [0.1, 0.15) is 38.3 Å². The molecule has 2 N–H and O–H groups in total. The summed E-state index contributed by atoms with van der Waals surface area (Å²) < 4.78 is 10.2. The highest BCUT2D eigenvalue weighted by atomic mass is 35.5. The first kappa shape index (κ1) is 25.1. The molecule has 1 aromatic carbocycles. The van der Waals surface area contributed by atoms with Gasteiger partial charge in [-0.25, -0.2) is 9.78 Å². The van der Waals surface area contributed by atoms with Gasteiger partial charge in [-0.1, -0.05) is 41.9 Å². The fourth-order valence-corrected chi connectivity index (χ4v) is 4.03. The lowest BCUT2D eigenvalue weighted by molar-refractivity contribution is -0.156. The monoisotopic (exact) mass is 486 g/mol. The second-order valence-corrected chi connectivity index (χ2v) is 9.25. The van der Waals surface area contributed by atoms with Crippen LogP contribution in [0.25, 0.3) is 11.3 Å². The van der Waals surface area contributed by atoms with Crippen LogP contribution in [0.3, 0.4) is 0 Å². The van der Waals surface area contributed by atoms with Crippen molar-refractivity contribution < 1.29 is 24.2 Å². The number of benzene rings is 1. The number of amides is 1. The van der Waals surface area contributed by atoms with Crippen LogP contribution in [0, 0.1) is 0 Å². The predicted octanol–water partition coefficient (Wildman–Crippen LogP) is 5.16. The van der Waals surface area contributed by atoms with Crippen molar-refractivity contribution in [3.05, 3.63) is 51.3 Å². The number of alkyl carbamates (subject to hydrolysis) is 1. The van der Waals surface area contributed by atoms with Crippen molar-refractivity contribution in [2.75, 3.05) is 6.61 Å². The van der Waals surface area contributed by atoms with Crippen LogP contribution in [0.2, 0.25) is 10.0 Å². The van der Waals surface area contributed by atoms with E-state index in [2.05, 4.69) is 16.9 Å². The van der Waals surface area contributed by atoms with Crippen molar-refractivity contribution in [1.82, 2.24) is 10.3 Å². The number of esters is 1. The molecule has 2 aromatic rings. The Morgan fingerprint density at radius 1 is 1.32 bits per heavy atom. The highest BCUT2D eigenvalue weighted by molar-refractivity contribution is 7.10. The lowest BCUT2D eigenvalue weighted by atomic mass is 10.1. The van der Waals surface area contributed by atoms with Gasteiger partial charge in [0.05, 0.1) is 28.2 Å². The van der Waals surface area contributed by atoms with E-state index in [1.54, 1.807) is 44.4 Å². The van der Waals surface area contributed by atoms with Gasteiger partial charge >= 0.3 is 12.1 Å². The van der Waals surface area contributed by atoms with Gasteiger partial charge in [0.15, 0.2) is 0 Å². The largest absolute Gasteiger partial charge is 0.460 e. The van der Waals surface area contributed by atoms with Crippen molar-refractivity contribution >= 4 is 46.6 Å². The molecule has 31 heavy (non-hydrogen) atoms. The SMILES string of the molecule is C=CCOC(=O)NC(CC(=O)OC(C)(C)C)C(O)c1nc(-c2c(Cl)cccc2Cl)cs1. The maximum Gasteiger partial charge on any atom is 0.407 e. The molecule has 2 atom stereocenters. The van der Waals surface area contributed by atoms with Crippen LogP contribution in [-0.4, -0.2) is 40.4 Å². The van der Waals surface area contributed by atoms with Crippen LogP contribution in [0.4, 0.5) is 4.79 Å². The summed E-state index contributed by atoms with van der Waals surface area (Å²) in [6, 6.07) is 4.04. The predicted molar refractivity (Wildman–Crippen MR) is 121 cm³/mol. The van der Waals surface area contributed by atoms with E-state index in [-0.39, 0.29) is 18.0 Å². The number of carbonyl (C=O) groups excluding carboxylic acids is 2. The Morgan fingerprint density at radius 3 is 2.55 bits per heavy atom. The Balaban J connectivity index is 2.26. The number of aromatic nitrogens is 1. The molecule has 1 aromatic heterocycles. The molecule has 10 heteroatoms. The summed E-state index contributed by atoms with van der Waals surface area (Å²) in [5.74, 6) is -0.591. The number of halogens is 2. The number of aliphatic hydroxyl groups is 1. The van der Waals surface area contributed by atoms with Gasteiger partial charge in [-0.05, 0) is 32.9 Å². The minimum Gasteiger partial charge on any atom is -0.460 e. The van der Waals surface area contributed by atoms with Gasteiger partial charge in [-0.3, -0.25) is 4.79 Å². The van der Waals surface area contributed by atoms with E-state index in [0.29, 0.717) is 21.3 Å². The molecule has 0 bridgehead atoms. The van der Waals surface area contributed by atoms with Gasteiger partial charge in [0, 0.05) is 10.9 Å². The number of nitrogens with one attached hydrogen (secondary N) is 1. The Bertz CT molecular complexity index is 922. The van der Waals surface area contributed by atoms with E-state index in [1.807, 2.05) is 0 Å². The summed E-state index contributed by atoms with van der Waals surface area (Å²) in [4.78, 5) is 28.8. The van der Waals surface area contributed by atoms with E-state index in [9.17, 15) is 14.7 Å². The first-order chi connectivity index (χ1) is 14.5. The van der Waals surface area contributed by atoms with Gasteiger partial charge in [0.25, 0.3) is 0 Å². The molecule has 0 aliphatic heterocycles. The summed E-state index contributed by atoms with van der Waals surface area (Å²) in [6.07, 6.45) is -0.995. The van der Waals surface area contributed by atoms with Gasteiger partial charge in [-0.2, -0.15) is 0 Å². The topological polar surface area (TPSA) is 97.8 Å². The third kappa shape index (κ3) is 7.50. The summed E-state index contributed by atoms with van der Waals surface area (Å²) in [6.45, 7) is 8.62. The maximum absolute atomic E-state index is 12.3. The minimum atomic E-state index is -1.30. The van der Waals surface area contributed by atoms with Crippen LogP contribution < -0.4 is 5.32 Å². The van der Waals surface area contributed by atoms with Gasteiger partial charge in [0.1, 0.15) is 23.3 Å². The Hall–Kier alpha value is -2.13. The zero-order valence-electron chi connectivity index (χ0n) is 17.4. The van der Waals surface area contributed by atoms with Crippen molar-refractivity contribution in [2.24, 2.45) is 0 Å². The molecule has 168 valence electrons. The number of aliphatic hydroxyl groups excluding tert-OH is 1. The molecule has 1 amide bonds. The van der Waals surface area contributed by atoms with E-state index >= 15 is 0 Å². The molecular formula is C21H24Cl2N2O5S. The lowest BCUT2D eigenvalue weighted by Gasteiger charge is -2.25. The van der Waals surface area contributed by atoms with E-state index in [0.717, 1.165) is 11.3 Å². The van der Waals surface area contributed by atoms with Crippen molar-refractivity contribution in [1.29, 1.82) is 0 Å². The molecule has 0 saturated carbocycles. The Kier molecular flexibility index (Phi) is 8.88. The molecule has 0 aliphatic rings. The number of rotatable bonds is 8. The summed E-state index contributed by atoms with van der Waals surface area (Å²) in [7, 11) is 0. The number of ether oxygens (including phenoxy) is 2. The van der Waals surface area contributed by atoms with Crippen LogP contribution in [-0.2, 0) is 14.3 Å². The van der Waals surface area contributed by atoms with Crippen LogP contribution in [0.5, 0.6) is 0 Å². The highest BCUT2D eigenvalue weighted by Gasteiger charge is 2.30. The van der Waals surface area contributed by atoms with Gasteiger partial charge in [0.2, 0.25) is 0 Å².